The molecule has 5 nitrogen and oxygen atoms in total. The van der Waals surface area contributed by atoms with Crippen LogP contribution in [0.5, 0.6) is 0 Å². The molecule has 0 saturated heterocycles. The SMILES string of the molecule is O=c1[nH]c(-c2ccc(Br)cn2)nc2c1CN(Cc1ccccc1)CC2. The molecule has 0 aliphatic carbocycles. The van der Waals surface area contributed by atoms with Crippen LogP contribution in [-0.2, 0) is 19.5 Å². The van der Waals surface area contributed by atoms with Crippen molar-refractivity contribution in [1.82, 2.24) is 19.9 Å². The maximum Gasteiger partial charge on any atom is 0.255 e. The number of aromatic nitrogens is 3. The van der Waals surface area contributed by atoms with Gasteiger partial charge in [0, 0.05) is 36.7 Å². The molecule has 3 aromatic rings. The number of benzene rings is 1. The Kier molecular flexibility index (Phi) is 4.46. The zero-order chi connectivity index (χ0) is 17.2. The minimum Gasteiger partial charge on any atom is -0.305 e. The molecule has 0 amide bonds. The maximum atomic E-state index is 12.6. The Hall–Kier alpha value is -2.31. The van der Waals surface area contributed by atoms with Crippen molar-refractivity contribution in [1.29, 1.82) is 0 Å². The lowest BCUT2D eigenvalue weighted by atomic mass is 10.1. The van der Waals surface area contributed by atoms with Gasteiger partial charge in [-0.1, -0.05) is 30.3 Å². The Labute approximate surface area is 153 Å². The van der Waals surface area contributed by atoms with Crippen molar-refractivity contribution >= 4 is 15.9 Å². The maximum absolute atomic E-state index is 12.6. The number of hydrogen-bond acceptors (Lipinski definition) is 4. The molecule has 1 aliphatic heterocycles. The summed E-state index contributed by atoms with van der Waals surface area (Å²) in [4.78, 5) is 26.7. The van der Waals surface area contributed by atoms with E-state index < -0.39 is 0 Å². The molecule has 3 heterocycles. The Morgan fingerprint density at radius 2 is 2.00 bits per heavy atom. The average molecular weight is 397 g/mol. The van der Waals surface area contributed by atoms with Gasteiger partial charge in [0.1, 0.15) is 5.69 Å². The highest BCUT2D eigenvalue weighted by Gasteiger charge is 2.21. The molecule has 0 saturated carbocycles. The van der Waals surface area contributed by atoms with Crippen LogP contribution in [0.4, 0.5) is 0 Å². The van der Waals surface area contributed by atoms with Crippen LogP contribution in [0.25, 0.3) is 11.5 Å². The Morgan fingerprint density at radius 3 is 2.76 bits per heavy atom. The topological polar surface area (TPSA) is 61.9 Å². The number of hydrogen-bond donors (Lipinski definition) is 1. The first kappa shape index (κ1) is 16.2. The first-order valence-corrected chi connectivity index (χ1v) is 8.98. The molecule has 0 unspecified atom stereocenters. The van der Waals surface area contributed by atoms with E-state index in [4.69, 9.17) is 0 Å². The van der Waals surface area contributed by atoms with E-state index in [1.54, 1.807) is 6.20 Å². The largest absolute Gasteiger partial charge is 0.305 e. The van der Waals surface area contributed by atoms with E-state index in [0.717, 1.165) is 35.2 Å². The molecule has 0 atom stereocenters. The van der Waals surface area contributed by atoms with Gasteiger partial charge in [-0.15, -0.1) is 0 Å². The zero-order valence-corrected chi connectivity index (χ0v) is 15.2. The van der Waals surface area contributed by atoms with Crippen LogP contribution in [0.15, 0.2) is 57.9 Å². The Balaban J connectivity index is 1.59. The summed E-state index contributed by atoms with van der Waals surface area (Å²) in [6, 6.07) is 14.1. The normalized spacial score (nSPS) is 14.3. The van der Waals surface area contributed by atoms with Gasteiger partial charge in [-0.25, -0.2) is 4.98 Å². The minimum atomic E-state index is -0.0671. The summed E-state index contributed by atoms with van der Waals surface area (Å²) in [6.45, 7) is 2.36. The summed E-state index contributed by atoms with van der Waals surface area (Å²) in [5.41, 5.74) is 3.51. The summed E-state index contributed by atoms with van der Waals surface area (Å²) in [7, 11) is 0. The van der Waals surface area contributed by atoms with Crippen molar-refractivity contribution in [2.75, 3.05) is 6.54 Å². The van der Waals surface area contributed by atoms with Gasteiger partial charge in [0.2, 0.25) is 0 Å². The third kappa shape index (κ3) is 3.55. The van der Waals surface area contributed by atoms with Crippen LogP contribution in [0.3, 0.4) is 0 Å². The van der Waals surface area contributed by atoms with E-state index >= 15 is 0 Å². The predicted molar refractivity (Wildman–Crippen MR) is 100 cm³/mol. The van der Waals surface area contributed by atoms with Gasteiger partial charge in [-0.3, -0.25) is 14.7 Å². The Bertz CT molecular complexity index is 938. The molecular formula is C19H17BrN4O. The van der Waals surface area contributed by atoms with Gasteiger partial charge in [0.15, 0.2) is 5.82 Å². The molecule has 2 aromatic heterocycles. The molecule has 0 radical (unpaired) electrons. The summed E-state index contributed by atoms with van der Waals surface area (Å²) in [5.74, 6) is 0.535. The van der Waals surface area contributed by atoms with Crippen molar-refractivity contribution in [2.45, 2.75) is 19.5 Å². The fraction of sp³-hybridized carbons (Fsp3) is 0.211. The molecule has 0 bridgehead atoms. The monoisotopic (exact) mass is 396 g/mol. The van der Waals surface area contributed by atoms with E-state index in [1.807, 2.05) is 30.3 Å². The molecule has 4 rings (SSSR count). The summed E-state index contributed by atoms with van der Waals surface area (Å²) in [5, 5.41) is 0. The van der Waals surface area contributed by atoms with Crippen LogP contribution < -0.4 is 5.56 Å². The van der Waals surface area contributed by atoms with Gasteiger partial charge in [0.05, 0.1) is 11.3 Å². The first-order valence-electron chi connectivity index (χ1n) is 8.19. The van der Waals surface area contributed by atoms with Gasteiger partial charge in [0.25, 0.3) is 5.56 Å². The van der Waals surface area contributed by atoms with Gasteiger partial charge >= 0.3 is 0 Å². The molecule has 0 fully saturated rings. The molecule has 6 heteroatoms. The third-order valence-electron chi connectivity index (χ3n) is 4.37. The number of nitrogens with zero attached hydrogens (tertiary/aromatic N) is 3. The van der Waals surface area contributed by atoms with Gasteiger partial charge in [-0.05, 0) is 33.6 Å². The second-order valence-electron chi connectivity index (χ2n) is 6.15. The Morgan fingerprint density at radius 1 is 1.16 bits per heavy atom. The molecule has 1 aliphatic rings. The van der Waals surface area contributed by atoms with Gasteiger partial charge in [-0.2, -0.15) is 0 Å². The van der Waals surface area contributed by atoms with E-state index in [9.17, 15) is 4.79 Å². The number of aromatic amines is 1. The van der Waals surface area contributed by atoms with Crippen molar-refractivity contribution in [2.24, 2.45) is 0 Å². The van der Waals surface area contributed by atoms with Crippen LogP contribution in [0.2, 0.25) is 0 Å². The van der Waals surface area contributed by atoms with Gasteiger partial charge < -0.3 is 4.98 Å². The second-order valence-corrected chi connectivity index (χ2v) is 7.06. The smallest absolute Gasteiger partial charge is 0.255 e. The van der Waals surface area contributed by atoms with Crippen LogP contribution in [0.1, 0.15) is 16.8 Å². The molecule has 1 N–H and O–H groups in total. The lowest BCUT2D eigenvalue weighted by Gasteiger charge is -2.27. The van der Waals surface area contributed by atoms with E-state index in [-0.39, 0.29) is 5.56 Å². The van der Waals surface area contributed by atoms with E-state index in [2.05, 4.69) is 47.9 Å². The van der Waals surface area contributed by atoms with Crippen LogP contribution in [-0.4, -0.2) is 26.4 Å². The number of nitrogens with one attached hydrogen (secondary N) is 1. The second kappa shape index (κ2) is 6.90. The van der Waals surface area contributed by atoms with Crippen LogP contribution >= 0.6 is 15.9 Å². The fourth-order valence-electron chi connectivity index (χ4n) is 3.09. The quantitative estimate of drug-likeness (QED) is 0.738. The van der Waals surface area contributed by atoms with E-state index in [0.29, 0.717) is 18.1 Å². The van der Waals surface area contributed by atoms with Crippen LogP contribution in [0, 0.1) is 0 Å². The highest BCUT2D eigenvalue weighted by atomic mass is 79.9. The molecule has 126 valence electrons. The number of fused-ring (bicyclic) bond motifs is 1. The van der Waals surface area contributed by atoms with Crippen molar-refractivity contribution in [3.63, 3.8) is 0 Å². The van der Waals surface area contributed by atoms with Crippen molar-refractivity contribution in [3.8, 4) is 11.5 Å². The summed E-state index contributed by atoms with van der Waals surface area (Å²) in [6.07, 6.45) is 2.48. The number of rotatable bonds is 3. The van der Waals surface area contributed by atoms with E-state index in [1.165, 1.54) is 5.56 Å². The van der Waals surface area contributed by atoms with Crippen molar-refractivity contribution in [3.05, 3.63) is 80.3 Å². The molecule has 25 heavy (non-hydrogen) atoms. The number of pyridine rings is 1. The third-order valence-corrected chi connectivity index (χ3v) is 4.84. The zero-order valence-electron chi connectivity index (χ0n) is 13.6. The standard InChI is InChI=1S/C19H17BrN4O/c20-14-6-7-17(21-10-14)18-22-16-8-9-24(12-15(16)19(25)23-18)11-13-4-2-1-3-5-13/h1-7,10H,8-9,11-12H2,(H,22,23,25). The lowest BCUT2D eigenvalue weighted by Crippen LogP contribution is -2.35. The highest BCUT2D eigenvalue weighted by molar-refractivity contribution is 9.10. The summed E-state index contributed by atoms with van der Waals surface area (Å²) < 4.78 is 0.896. The number of H-pyrrole nitrogens is 1. The molecular weight excluding hydrogens is 380 g/mol. The summed E-state index contributed by atoms with van der Waals surface area (Å²) >= 11 is 3.37. The first-order chi connectivity index (χ1) is 12.2. The number of halogens is 1. The highest BCUT2D eigenvalue weighted by Crippen LogP contribution is 2.20. The van der Waals surface area contributed by atoms with Crippen molar-refractivity contribution < 1.29 is 0 Å². The average Bonchev–Trinajstić information content (AvgIpc) is 2.63. The molecule has 0 spiro atoms. The fourth-order valence-corrected chi connectivity index (χ4v) is 3.33. The predicted octanol–water partition coefficient (Wildman–Crippen LogP) is 3.15. The lowest BCUT2D eigenvalue weighted by molar-refractivity contribution is 0.242. The minimum absolute atomic E-state index is 0.0671. The molecule has 1 aromatic carbocycles.